The van der Waals surface area contributed by atoms with Gasteiger partial charge in [0.25, 0.3) is 0 Å². The molecule has 10 rings (SSSR count). The maximum absolute atomic E-state index is 7.39. The number of para-hydroxylation sites is 2. The van der Waals surface area contributed by atoms with Gasteiger partial charge in [-0.25, -0.2) is 0 Å². The Morgan fingerprint density at radius 3 is 1.94 bits per heavy atom. The molecule has 8 aromatic rings. The zero-order valence-corrected chi connectivity index (χ0v) is 28.6. The maximum Gasteiger partial charge on any atom is 0.159 e. The summed E-state index contributed by atoms with van der Waals surface area (Å²) < 4.78 is 7.39. The molecule has 1 heterocycles. The molecule has 51 heavy (non-hydrogen) atoms. The molecule has 0 radical (unpaired) electrons. The molecule has 8 aromatic carbocycles. The Morgan fingerprint density at radius 2 is 1.08 bits per heavy atom. The molecule has 242 valence electrons. The molecule has 2 aliphatic rings. The van der Waals surface area contributed by atoms with E-state index in [9.17, 15) is 0 Å². The number of anilines is 3. The lowest BCUT2D eigenvalue weighted by Gasteiger charge is -2.30. The van der Waals surface area contributed by atoms with Gasteiger partial charge in [0.2, 0.25) is 0 Å². The lowest BCUT2D eigenvalue weighted by Crippen LogP contribution is -2.16. The van der Waals surface area contributed by atoms with Crippen molar-refractivity contribution < 1.29 is 4.74 Å². The molecular weight excluding hydrogens is 619 g/mol. The average Bonchev–Trinajstić information content (AvgIpc) is 3.30. The normalized spacial score (nSPS) is 13.2. The van der Waals surface area contributed by atoms with Crippen LogP contribution in [0.25, 0.3) is 55.3 Å². The van der Waals surface area contributed by atoms with Crippen molar-refractivity contribution in [1.82, 2.24) is 0 Å². The molecule has 0 bridgehead atoms. The fourth-order valence-corrected chi connectivity index (χ4v) is 8.43. The quantitative estimate of drug-likeness (QED) is 0.187. The summed E-state index contributed by atoms with van der Waals surface area (Å²) in [4.78, 5) is 2.37. The summed E-state index contributed by atoms with van der Waals surface area (Å²) in [5, 5.41) is 2.25. The second kappa shape index (κ2) is 11.3. The van der Waals surface area contributed by atoms with E-state index in [0.717, 1.165) is 56.0 Å². The largest absolute Gasteiger partial charge is 0.453 e. The van der Waals surface area contributed by atoms with Crippen LogP contribution in [0.5, 0.6) is 11.5 Å². The Balaban J connectivity index is 1.27. The predicted molar refractivity (Wildman–Crippen MR) is 213 cm³/mol. The van der Waals surface area contributed by atoms with Crippen LogP contribution >= 0.6 is 0 Å². The highest BCUT2D eigenvalue weighted by Gasteiger charge is 2.36. The van der Waals surface area contributed by atoms with Gasteiger partial charge in [-0.15, -0.1) is 0 Å². The van der Waals surface area contributed by atoms with Crippen molar-refractivity contribution in [1.29, 1.82) is 0 Å². The SMILES string of the molecule is CC1(C)c2ccccc2-c2ccc(N(c3ccccc3)c3cccc4c3Oc3c(ccc5ccccc35)-c3cccc(-c5ccccc5)c3-4)cc21. The molecule has 0 amide bonds. The van der Waals surface area contributed by atoms with Crippen LogP contribution in [-0.4, -0.2) is 0 Å². The van der Waals surface area contributed by atoms with E-state index in [2.05, 4.69) is 195 Å². The van der Waals surface area contributed by atoms with Crippen molar-refractivity contribution in [2.24, 2.45) is 0 Å². The van der Waals surface area contributed by atoms with E-state index in [1.54, 1.807) is 0 Å². The zero-order chi connectivity index (χ0) is 34.1. The Morgan fingerprint density at radius 1 is 0.431 bits per heavy atom. The van der Waals surface area contributed by atoms with Gasteiger partial charge in [-0.05, 0) is 80.7 Å². The molecular formula is C49H35NO. The van der Waals surface area contributed by atoms with Crippen LogP contribution in [0.15, 0.2) is 176 Å². The fraction of sp³-hybridized carbons (Fsp3) is 0.0612. The summed E-state index contributed by atoms with van der Waals surface area (Å²) in [6, 6.07) is 63.5. The summed E-state index contributed by atoms with van der Waals surface area (Å²) in [5.41, 5.74) is 15.2. The van der Waals surface area contributed by atoms with Gasteiger partial charge in [-0.2, -0.15) is 0 Å². The molecule has 0 saturated carbocycles. The molecule has 2 nitrogen and oxygen atoms in total. The predicted octanol–water partition coefficient (Wildman–Crippen LogP) is 13.7. The first-order valence-electron chi connectivity index (χ1n) is 17.7. The van der Waals surface area contributed by atoms with Crippen LogP contribution in [0.3, 0.4) is 0 Å². The number of hydrogen-bond donors (Lipinski definition) is 0. The van der Waals surface area contributed by atoms with Gasteiger partial charge < -0.3 is 9.64 Å². The van der Waals surface area contributed by atoms with E-state index >= 15 is 0 Å². The van der Waals surface area contributed by atoms with Crippen molar-refractivity contribution in [2.75, 3.05) is 4.90 Å². The average molecular weight is 654 g/mol. The van der Waals surface area contributed by atoms with Gasteiger partial charge in [0.05, 0.1) is 5.69 Å². The second-order valence-electron chi connectivity index (χ2n) is 14.1. The Bertz CT molecular complexity index is 2640. The number of ether oxygens (including phenoxy) is 1. The molecule has 2 heteroatoms. The summed E-state index contributed by atoms with van der Waals surface area (Å²) >= 11 is 0. The monoisotopic (exact) mass is 653 g/mol. The van der Waals surface area contributed by atoms with E-state index in [0.29, 0.717) is 0 Å². The standard InChI is InChI=1S/C49H35NO/c1-49(2)43-25-12-11-21-38(43)39-30-28-35(31-44(39)49)50(34-18-7-4-8-19-34)45-26-14-24-42-46-36(32-15-5-3-6-16-32)22-13-23-40(46)41-29-27-33-17-9-10-20-37(33)47(41)51-48(42)45/h3-31H,1-2H3. The van der Waals surface area contributed by atoms with Crippen LogP contribution in [0.4, 0.5) is 17.1 Å². The summed E-state index contributed by atoms with van der Waals surface area (Å²) in [7, 11) is 0. The Kier molecular flexibility index (Phi) is 6.56. The topological polar surface area (TPSA) is 12.5 Å². The third-order valence-corrected chi connectivity index (χ3v) is 10.9. The summed E-state index contributed by atoms with van der Waals surface area (Å²) in [5.74, 6) is 1.72. The molecule has 0 fully saturated rings. The first-order valence-corrected chi connectivity index (χ1v) is 17.7. The third-order valence-electron chi connectivity index (χ3n) is 10.9. The summed E-state index contributed by atoms with van der Waals surface area (Å²) in [6.07, 6.45) is 0. The molecule has 1 aliphatic carbocycles. The summed E-state index contributed by atoms with van der Waals surface area (Å²) in [6.45, 7) is 4.69. The second-order valence-corrected chi connectivity index (χ2v) is 14.1. The van der Waals surface area contributed by atoms with Gasteiger partial charge in [-0.3, -0.25) is 0 Å². The van der Waals surface area contributed by atoms with E-state index in [1.807, 2.05) is 0 Å². The van der Waals surface area contributed by atoms with Gasteiger partial charge in [-0.1, -0.05) is 153 Å². The molecule has 0 aromatic heterocycles. The van der Waals surface area contributed by atoms with E-state index in [4.69, 9.17) is 4.74 Å². The molecule has 0 saturated heterocycles. The minimum Gasteiger partial charge on any atom is -0.453 e. The van der Waals surface area contributed by atoms with Crippen molar-refractivity contribution in [3.05, 3.63) is 187 Å². The highest BCUT2D eigenvalue weighted by molar-refractivity contribution is 6.05. The minimum absolute atomic E-state index is 0.129. The van der Waals surface area contributed by atoms with Crippen molar-refractivity contribution in [3.63, 3.8) is 0 Å². The van der Waals surface area contributed by atoms with Crippen LogP contribution in [0.2, 0.25) is 0 Å². The van der Waals surface area contributed by atoms with E-state index < -0.39 is 0 Å². The van der Waals surface area contributed by atoms with Gasteiger partial charge in [0.1, 0.15) is 5.75 Å². The zero-order valence-electron chi connectivity index (χ0n) is 28.6. The number of nitrogens with zero attached hydrogens (tertiary/aromatic N) is 1. The molecule has 0 spiro atoms. The first kappa shape index (κ1) is 29.5. The molecule has 0 N–H and O–H groups in total. The molecule has 0 atom stereocenters. The number of fused-ring (bicyclic) bond motifs is 10. The smallest absolute Gasteiger partial charge is 0.159 e. The van der Waals surface area contributed by atoms with Crippen molar-refractivity contribution in [3.8, 4) is 56.0 Å². The van der Waals surface area contributed by atoms with Crippen molar-refractivity contribution in [2.45, 2.75) is 19.3 Å². The number of rotatable bonds is 4. The number of benzene rings is 8. The first-order chi connectivity index (χ1) is 25.1. The lowest BCUT2D eigenvalue weighted by molar-refractivity contribution is 0.494. The lowest BCUT2D eigenvalue weighted by atomic mass is 9.82. The maximum atomic E-state index is 7.39. The van der Waals surface area contributed by atoms with Crippen LogP contribution in [0, 0.1) is 0 Å². The molecule has 0 unspecified atom stereocenters. The Labute approximate surface area is 298 Å². The highest BCUT2D eigenvalue weighted by atomic mass is 16.5. The van der Waals surface area contributed by atoms with Crippen LogP contribution < -0.4 is 9.64 Å². The minimum atomic E-state index is -0.129. The van der Waals surface area contributed by atoms with Gasteiger partial charge in [0.15, 0.2) is 5.75 Å². The van der Waals surface area contributed by atoms with Gasteiger partial charge in [0, 0.05) is 38.9 Å². The van der Waals surface area contributed by atoms with Crippen LogP contribution in [-0.2, 0) is 5.41 Å². The molecule has 1 aliphatic heterocycles. The van der Waals surface area contributed by atoms with E-state index in [-0.39, 0.29) is 5.41 Å². The van der Waals surface area contributed by atoms with E-state index in [1.165, 1.54) is 38.9 Å². The fourth-order valence-electron chi connectivity index (χ4n) is 8.43. The van der Waals surface area contributed by atoms with Crippen LogP contribution in [0.1, 0.15) is 25.0 Å². The third kappa shape index (κ3) is 4.50. The van der Waals surface area contributed by atoms with Gasteiger partial charge >= 0.3 is 0 Å². The number of hydrogen-bond acceptors (Lipinski definition) is 2. The highest BCUT2D eigenvalue weighted by Crippen LogP contribution is 2.57. The van der Waals surface area contributed by atoms with Crippen molar-refractivity contribution >= 4 is 27.8 Å². The Hall–Kier alpha value is -6.38.